The zero-order chi connectivity index (χ0) is 24.2. The van der Waals surface area contributed by atoms with Gasteiger partial charge in [-0.3, -0.25) is 4.79 Å². The van der Waals surface area contributed by atoms with Crippen LogP contribution < -0.4 is 5.32 Å². The summed E-state index contributed by atoms with van der Waals surface area (Å²) in [5.41, 5.74) is -0.171. The van der Waals surface area contributed by atoms with Crippen molar-refractivity contribution in [3.05, 3.63) is 94.5 Å². The maximum atomic E-state index is 13.4. The fraction of sp³-hybridized carbons (Fsp3) is 0.174. The second kappa shape index (κ2) is 9.94. The monoisotopic (exact) mass is 496 g/mol. The summed E-state index contributed by atoms with van der Waals surface area (Å²) in [7, 11) is -4.12. The highest BCUT2D eigenvalue weighted by atomic mass is 35.5. The molecule has 0 aliphatic heterocycles. The third kappa shape index (κ3) is 6.34. The molecule has 0 radical (unpaired) electrons. The molecule has 1 N–H and O–H groups in total. The van der Waals surface area contributed by atoms with Crippen molar-refractivity contribution in [1.82, 2.24) is 4.31 Å². The van der Waals surface area contributed by atoms with E-state index in [-0.39, 0.29) is 16.5 Å². The molecule has 0 aromatic heterocycles. The van der Waals surface area contributed by atoms with Gasteiger partial charge in [0.2, 0.25) is 15.9 Å². The molecule has 3 aromatic carbocycles. The number of nitrogens with zero attached hydrogens (tertiary/aromatic N) is 1. The molecule has 0 saturated carbocycles. The number of hydrogen-bond acceptors (Lipinski definition) is 3. The second-order valence-corrected chi connectivity index (χ2v) is 9.68. The van der Waals surface area contributed by atoms with Crippen LogP contribution in [0.2, 0.25) is 5.02 Å². The van der Waals surface area contributed by atoms with Gasteiger partial charge in [-0.2, -0.15) is 17.5 Å². The highest BCUT2D eigenvalue weighted by Gasteiger charge is 2.35. The average Bonchev–Trinajstić information content (AvgIpc) is 2.75. The lowest BCUT2D eigenvalue weighted by molar-refractivity contribution is -0.137. The van der Waals surface area contributed by atoms with E-state index in [9.17, 15) is 26.4 Å². The first-order valence-corrected chi connectivity index (χ1v) is 11.6. The fourth-order valence-corrected chi connectivity index (χ4v) is 4.64. The molecule has 3 rings (SSSR count). The van der Waals surface area contributed by atoms with Crippen molar-refractivity contribution in [3.63, 3.8) is 0 Å². The maximum absolute atomic E-state index is 13.4. The van der Waals surface area contributed by atoms with E-state index < -0.39 is 39.9 Å². The van der Waals surface area contributed by atoms with Crippen molar-refractivity contribution in [2.75, 3.05) is 11.9 Å². The van der Waals surface area contributed by atoms with Gasteiger partial charge in [0.25, 0.3) is 0 Å². The summed E-state index contributed by atoms with van der Waals surface area (Å²) in [6, 6.07) is 17.6. The summed E-state index contributed by atoms with van der Waals surface area (Å²) in [6.45, 7) is 0.970. The lowest BCUT2D eigenvalue weighted by atomic mass is 10.1. The Hall–Kier alpha value is -2.88. The van der Waals surface area contributed by atoms with Crippen LogP contribution in [0.15, 0.2) is 77.7 Å². The van der Waals surface area contributed by atoms with Crippen LogP contribution in [0.1, 0.15) is 16.7 Å². The van der Waals surface area contributed by atoms with E-state index in [0.717, 1.165) is 15.9 Å². The Labute approximate surface area is 194 Å². The molecule has 0 unspecified atom stereocenters. The summed E-state index contributed by atoms with van der Waals surface area (Å²) < 4.78 is 67.5. The number of anilines is 1. The molecule has 0 saturated heterocycles. The highest BCUT2D eigenvalue weighted by Crippen LogP contribution is 2.36. The second-order valence-electron chi connectivity index (χ2n) is 7.31. The van der Waals surface area contributed by atoms with Crippen LogP contribution in [0.5, 0.6) is 0 Å². The zero-order valence-corrected chi connectivity index (χ0v) is 19.0. The molecule has 0 aliphatic rings. The predicted octanol–water partition coefficient (Wildman–Crippen LogP) is 5.50. The fourth-order valence-electron chi connectivity index (χ4n) is 3.08. The molecular weight excluding hydrogens is 477 g/mol. The molecule has 174 valence electrons. The van der Waals surface area contributed by atoms with Crippen molar-refractivity contribution in [2.45, 2.75) is 24.5 Å². The first-order chi connectivity index (χ1) is 15.5. The molecule has 0 fully saturated rings. The number of sulfonamides is 1. The minimum absolute atomic E-state index is 0.0284. The maximum Gasteiger partial charge on any atom is 0.418 e. The first-order valence-electron chi connectivity index (χ1n) is 9.74. The number of nitrogens with one attached hydrogen (secondary N) is 1. The van der Waals surface area contributed by atoms with Crippen LogP contribution in [0.4, 0.5) is 18.9 Å². The van der Waals surface area contributed by atoms with Crippen LogP contribution in [0.3, 0.4) is 0 Å². The summed E-state index contributed by atoms with van der Waals surface area (Å²) in [5.74, 6) is -0.922. The van der Waals surface area contributed by atoms with Crippen LogP contribution in [0.25, 0.3) is 0 Å². The Morgan fingerprint density at radius 3 is 2.24 bits per heavy atom. The van der Waals surface area contributed by atoms with E-state index in [1.807, 2.05) is 0 Å². The smallest absolute Gasteiger partial charge is 0.324 e. The summed E-state index contributed by atoms with van der Waals surface area (Å²) in [6.07, 6.45) is -4.76. The van der Waals surface area contributed by atoms with E-state index >= 15 is 0 Å². The van der Waals surface area contributed by atoms with Crippen LogP contribution in [0, 0.1) is 6.92 Å². The molecule has 10 heteroatoms. The van der Waals surface area contributed by atoms with Gasteiger partial charge < -0.3 is 5.32 Å². The number of aryl methyl sites for hydroxylation is 1. The van der Waals surface area contributed by atoms with E-state index in [2.05, 4.69) is 5.32 Å². The van der Waals surface area contributed by atoms with Crippen molar-refractivity contribution < 1.29 is 26.4 Å². The topological polar surface area (TPSA) is 66.5 Å². The quantitative estimate of drug-likeness (QED) is 0.470. The Morgan fingerprint density at radius 2 is 1.64 bits per heavy atom. The van der Waals surface area contributed by atoms with Gasteiger partial charge in [-0.25, -0.2) is 8.42 Å². The normalized spacial score (nSPS) is 12.1. The molecule has 5 nitrogen and oxygen atoms in total. The van der Waals surface area contributed by atoms with E-state index in [0.29, 0.717) is 11.6 Å². The molecule has 0 spiro atoms. The van der Waals surface area contributed by atoms with Crippen molar-refractivity contribution >= 4 is 33.2 Å². The van der Waals surface area contributed by atoms with Crippen molar-refractivity contribution in [3.8, 4) is 0 Å². The standard InChI is InChI=1S/C23H20ClF3N2O3S/c1-16-7-10-19(11-8-16)33(31,32)29(14-17-5-3-2-4-6-17)15-22(30)28-21-12-9-18(24)13-20(21)23(25,26)27/h2-13H,14-15H2,1H3,(H,28,30). The number of amides is 1. The number of carbonyl (C=O) groups is 1. The van der Waals surface area contributed by atoms with Gasteiger partial charge in [-0.05, 0) is 42.8 Å². The predicted molar refractivity (Wildman–Crippen MR) is 120 cm³/mol. The lowest BCUT2D eigenvalue weighted by Crippen LogP contribution is -2.37. The van der Waals surface area contributed by atoms with Gasteiger partial charge in [0.15, 0.2) is 0 Å². The van der Waals surface area contributed by atoms with Gasteiger partial charge in [0, 0.05) is 11.6 Å². The van der Waals surface area contributed by atoms with E-state index in [1.54, 1.807) is 49.4 Å². The number of halogens is 4. The van der Waals surface area contributed by atoms with Crippen LogP contribution in [-0.4, -0.2) is 25.2 Å². The summed E-state index contributed by atoms with van der Waals surface area (Å²) in [5, 5.41) is 2.02. The Kier molecular flexibility index (Phi) is 7.46. The average molecular weight is 497 g/mol. The van der Waals surface area contributed by atoms with E-state index in [4.69, 9.17) is 11.6 Å². The number of benzene rings is 3. The molecule has 0 atom stereocenters. The van der Waals surface area contributed by atoms with Gasteiger partial charge in [-0.15, -0.1) is 0 Å². The van der Waals surface area contributed by atoms with Crippen molar-refractivity contribution in [2.24, 2.45) is 0 Å². The molecule has 3 aromatic rings. The summed E-state index contributed by atoms with van der Waals surface area (Å²) in [4.78, 5) is 12.7. The first kappa shape index (κ1) is 24.8. The minimum atomic E-state index is -4.76. The third-order valence-electron chi connectivity index (χ3n) is 4.74. The van der Waals surface area contributed by atoms with Crippen LogP contribution in [-0.2, 0) is 27.5 Å². The largest absolute Gasteiger partial charge is 0.418 e. The summed E-state index contributed by atoms with van der Waals surface area (Å²) >= 11 is 5.67. The van der Waals surface area contributed by atoms with Gasteiger partial charge in [0.05, 0.1) is 22.7 Å². The van der Waals surface area contributed by atoms with Gasteiger partial charge in [-0.1, -0.05) is 59.6 Å². The zero-order valence-electron chi connectivity index (χ0n) is 17.4. The Bertz CT molecular complexity index is 1230. The number of alkyl halides is 3. The van der Waals surface area contributed by atoms with Gasteiger partial charge in [0.1, 0.15) is 0 Å². The molecule has 33 heavy (non-hydrogen) atoms. The molecule has 0 heterocycles. The number of rotatable bonds is 7. The van der Waals surface area contributed by atoms with Crippen LogP contribution >= 0.6 is 11.6 Å². The molecule has 0 bridgehead atoms. The Morgan fingerprint density at radius 1 is 1.00 bits per heavy atom. The third-order valence-corrected chi connectivity index (χ3v) is 6.78. The van der Waals surface area contributed by atoms with E-state index in [1.165, 1.54) is 18.2 Å². The minimum Gasteiger partial charge on any atom is -0.324 e. The number of hydrogen-bond donors (Lipinski definition) is 1. The lowest BCUT2D eigenvalue weighted by Gasteiger charge is -2.23. The van der Waals surface area contributed by atoms with Gasteiger partial charge >= 0.3 is 6.18 Å². The van der Waals surface area contributed by atoms with Crippen molar-refractivity contribution in [1.29, 1.82) is 0 Å². The molecule has 0 aliphatic carbocycles. The number of carbonyl (C=O) groups excluding carboxylic acids is 1. The molecular formula is C23H20ClF3N2O3S. The SMILES string of the molecule is Cc1ccc(S(=O)(=O)N(CC(=O)Nc2ccc(Cl)cc2C(F)(F)F)Cc2ccccc2)cc1. The molecule has 1 amide bonds. The highest BCUT2D eigenvalue weighted by molar-refractivity contribution is 7.89. The Balaban J connectivity index is 1.91.